The first-order valence-corrected chi connectivity index (χ1v) is 6.30. The van der Waals surface area contributed by atoms with Gasteiger partial charge in [0.2, 0.25) is 0 Å². The van der Waals surface area contributed by atoms with E-state index in [4.69, 9.17) is 4.74 Å². The van der Waals surface area contributed by atoms with Crippen molar-refractivity contribution in [3.63, 3.8) is 0 Å². The van der Waals surface area contributed by atoms with E-state index in [9.17, 15) is 19.8 Å². The Balaban J connectivity index is 2.31. The Kier molecular flexibility index (Phi) is 3.94. The number of nitrogens with zero attached hydrogens (tertiary/aromatic N) is 1. The van der Waals surface area contributed by atoms with Crippen LogP contribution >= 0.6 is 0 Å². The van der Waals surface area contributed by atoms with Gasteiger partial charge in [-0.2, -0.15) is 0 Å². The molecule has 2 N–H and O–H groups in total. The van der Waals surface area contributed by atoms with Gasteiger partial charge in [0.25, 0.3) is 5.91 Å². The maximum absolute atomic E-state index is 12.4. The third-order valence-corrected chi connectivity index (χ3v) is 3.61. The molecule has 0 saturated carbocycles. The molecule has 6 nitrogen and oxygen atoms in total. The minimum Gasteiger partial charge on any atom is -0.507 e. The Morgan fingerprint density at radius 2 is 2.10 bits per heavy atom. The van der Waals surface area contributed by atoms with E-state index < -0.39 is 17.9 Å². The lowest BCUT2D eigenvalue weighted by Gasteiger charge is -2.22. The standard InChI is InChI=1S/C14H17NO5/c1-8-4-3-5-10(12(8)16)13(17)15-7-9(20-2)6-11(15)14(18)19/h3-5,9,11,16H,6-7H2,1-2H3,(H,18,19). The average Bonchev–Trinajstić information content (AvgIpc) is 2.85. The highest BCUT2D eigenvalue weighted by atomic mass is 16.5. The maximum atomic E-state index is 12.4. The first-order chi connectivity index (χ1) is 9.45. The lowest BCUT2D eigenvalue weighted by molar-refractivity contribution is -0.141. The van der Waals surface area contributed by atoms with E-state index in [1.165, 1.54) is 18.1 Å². The Labute approximate surface area is 116 Å². The molecule has 1 heterocycles. The molecule has 108 valence electrons. The summed E-state index contributed by atoms with van der Waals surface area (Å²) in [6.45, 7) is 1.89. The topological polar surface area (TPSA) is 87.1 Å². The molecular weight excluding hydrogens is 262 g/mol. The number of ether oxygens (including phenoxy) is 1. The number of carbonyl (C=O) groups excluding carboxylic acids is 1. The number of rotatable bonds is 3. The van der Waals surface area contributed by atoms with Crippen LogP contribution in [0.1, 0.15) is 22.3 Å². The summed E-state index contributed by atoms with van der Waals surface area (Å²) >= 11 is 0. The smallest absolute Gasteiger partial charge is 0.326 e. The fourth-order valence-electron chi connectivity index (χ4n) is 2.41. The summed E-state index contributed by atoms with van der Waals surface area (Å²) in [7, 11) is 1.49. The van der Waals surface area contributed by atoms with E-state index in [2.05, 4.69) is 0 Å². The second-order valence-electron chi connectivity index (χ2n) is 4.88. The maximum Gasteiger partial charge on any atom is 0.326 e. The van der Waals surface area contributed by atoms with Gasteiger partial charge in [-0.05, 0) is 18.6 Å². The van der Waals surface area contributed by atoms with E-state index in [0.717, 1.165) is 0 Å². The van der Waals surface area contributed by atoms with Crippen LogP contribution < -0.4 is 0 Å². The van der Waals surface area contributed by atoms with Crippen LogP contribution in [0.4, 0.5) is 0 Å². The number of carbonyl (C=O) groups is 2. The van der Waals surface area contributed by atoms with Gasteiger partial charge in [-0.25, -0.2) is 4.79 Å². The highest BCUT2D eigenvalue weighted by Gasteiger charge is 2.40. The van der Waals surface area contributed by atoms with E-state index in [-0.39, 0.29) is 30.4 Å². The number of carboxylic acid groups (broad SMARTS) is 1. The molecule has 0 aromatic heterocycles. The van der Waals surface area contributed by atoms with Crippen molar-refractivity contribution in [2.24, 2.45) is 0 Å². The normalized spacial score (nSPS) is 22.0. The van der Waals surface area contributed by atoms with Gasteiger partial charge in [-0.1, -0.05) is 12.1 Å². The zero-order valence-electron chi connectivity index (χ0n) is 11.4. The molecular formula is C14H17NO5. The van der Waals surface area contributed by atoms with Crippen molar-refractivity contribution in [3.8, 4) is 5.75 Å². The third kappa shape index (κ3) is 2.46. The Morgan fingerprint density at radius 3 is 2.70 bits per heavy atom. The van der Waals surface area contributed by atoms with Crippen molar-refractivity contribution < 1.29 is 24.5 Å². The summed E-state index contributed by atoms with van der Waals surface area (Å²) in [5, 5.41) is 19.2. The number of para-hydroxylation sites is 1. The van der Waals surface area contributed by atoms with Gasteiger partial charge >= 0.3 is 5.97 Å². The highest BCUT2D eigenvalue weighted by molar-refractivity contribution is 5.99. The number of carboxylic acids is 1. The first-order valence-electron chi connectivity index (χ1n) is 6.30. The summed E-state index contributed by atoms with van der Waals surface area (Å²) in [5.41, 5.74) is 0.693. The fraction of sp³-hybridized carbons (Fsp3) is 0.429. The average molecular weight is 279 g/mol. The molecule has 1 aromatic rings. The van der Waals surface area contributed by atoms with E-state index in [1.807, 2.05) is 0 Å². The van der Waals surface area contributed by atoms with Crippen LogP contribution in [0.2, 0.25) is 0 Å². The minimum absolute atomic E-state index is 0.109. The van der Waals surface area contributed by atoms with Crippen LogP contribution in [-0.2, 0) is 9.53 Å². The van der Waals surface area contributed by atoms with E-state index >= 15 is 0 Å². The minimum atomic E-state index is -1.06. The quantitative estimate of drug-likeness (QED) is 0.862. The number of aryl methyl sites for hydroxylation is 1. The van der Waals surface area contributed by atoms with Gasteiger partial charge in [-0.3, -0.25) is 4.79 Å². The largest absolute Gasteiger partial charge is 0.507 e. The van der Waals surface area contributed by atoms with Crippen LogP contribution in [0.15, 0.2) is 18.2 Å². The number of aliphatic carboxylic acids is 1. The van der Waals surface area contributed by atoms with Gasteiger partial charge in [0.1, 0.15) is 11.8 Å². The molecule has 2 atom stereocenters. The number of benzene rings is 1. The summed E-state index contributed by atoms with van der Waals surface area (Å²) in [6.07, 6.45) is -0.0450. The molecule has 0 radical (unpaired) electrons. The number of aromatic hydroxyl groups is 1. The molecule has 6 heteroatoms. The fourth-order valence-corrected chi connectivity index (χ4v) is 2.41. The van der Waals surface area contributed by atoms with Gasteiger partial charge < -0.3 is 19.8 Å². The molecule has 1 saturated heterocycles. The van der Waals surface area contributed by atoms with Crippen molar-refractivity contribution in [1.29, 1.82) is 0 Å². The monoisotopic (exact) mass is 279 g/mol. The van der Waals surface area contributed by atoms with E-state index in [0.29, 0.717) is 5.56 Å². The summed E-state index contributed by atoms with van der Waals surface area (Å²) in [4.78, 5) is 24.9. The summed E-state index contributed by atoms with van der Waals surface area (Å²) in [5.74, 6) is -1.66. The van der Waals surface area contributed by atoms with E-state index in [1.54, 1.807) is 19.1 Å². The van der Waals surface area contributed by atoms with Crippen LogP contribution in [0.5, 0.6) is 5.75 Å². The molecule has 0 spiro atoms. The summed E-state index contributed by atoms with van der Waals surface area (Å²) < 4.78 is 5.14. The second-order valence-corrected chi connectivity index (χ2v) is 4.88. The lowest BCUT2D eigenvalue weighted by atomic mass is 10.1. The van der Waals surface area contributed by atoms with Crippen molar-refractivity contribution >= 4 is 11.9 Å². The number of methoxy groups -OCH3 is 1. The predicted molar refractivity (Wildman–Crippen MR) is 70.7 cm³/mol. The number of hydrogen-bond donors (Lipinski definition) is 2. The number of hydrogen-bond acceptors (Lipinski definition) is 4. The SMILES string of the molecule is COC1CC(C(=O)O)N(C(=O)c2cccc(C)c2O)C1. The number of phenolic OH excluding ortho intramolecular Hbond substituents is 1. The number of likely N-dealkylation sites (tertiary alicyclic amines) is 1. The van der Waals surface area contributed by atoms with Gasteiger partial charge in [-0.15, -0.1) is 0 Å². The Bertz CT molecular complexity index is 542. The first kappa shape index (κ1) is 14.3. The van der Waals surface area contributed by atoms with Crippen molar-refractivity contribution in [2.45, 2.75) is 25.5 Å². The van der Waals surface area contributed by atoms with Crippen molar-refractivity contribution in [2.75, 3.05) is 13.7 Å². The van der Waals surface area contributed by atoms with Crippen LogP contribution in [0.25, 0.3) is 0 Å². The molecule has 0 aliphatic carbocycles. The predicted octanol–water partition coefficient (Wildman–Crippen LogP) is 1.01. The number of phenols is 1. The van der Waals surface area contributed by atoms with Crippen molar-refractivity contribution in [1.82, 2.24) is 4.90 Å². The van der Waals surface area contributed by atoms with Gasteiger partial charge in [0.15, 0.2) is 0 Å². The third-order valence-electron chi connectivity index (χ3n) is 3.61. The number of amides is 1. The van der Waals surface area contributed by atoms with Gasteiger partial charge in [0, 0.05) is 20.1 Å². The zero-order valence-corrected chi connectivity index (χ0v) is 11.4. The van der Waals surface area contributed by atoms with Gasteiger partial charge in [0.05, 0.1) is 11.7 Å². The van der Waals surface area contributed by atoms with Crippen LogP contribution in [0, 0.1) is 6.92 Å². The van der Waals surface area contributed by atoms with Crippen LogP contribution in [0.3, 0.4) is 0 Å². The molecule has 1 fully saturated rings. The highest BCUT2D eigenvalue weighted by Crippen LogP contribution is 2.27. The van der Waals surface area contributed by atoms with Crippen molar-refractivity contribution in [3.05, 3.63) is 29.3 Å². The molecule has 1 aromatic carbocycles. The molecule has 2 rings (SSSR count). The second kappa shape index (κ2) is 5.50. The zero-order chi connectivity index (χ0) is 14.9. The summed E-state index contributed by atoms with van der Waals surface area (Å²) in [6, 6.07) is 3.90. The Hall–Kier alpha value is -2.08. The molecule has 2 unspecified atom stereocenters. The molecule has 20 heavy (non-hydrogen) atoms. The molecule has 1 aliphatic heterocycles. The lowest BCUT2D eigenvalue weighted by Crippen LogP contribution is -2.40. The van der Waals surface area contributed by atoms with Crippen LogP contribution in [-0.4, -0.2) is 52.8 Å². The Morgan fingerprint density at radius 1 is 1.40 bits per heavy atom. The molecule has 0 bridgehead atoms. The molecule has 1 amide bonds. The molecule has 1 aliphatic rings.